The van der Waals surface area contributed by atoms with Crippen LogP contribution in [-0.4, -0.2) is 19.3 Å². The van der Waals surface area contributed by atoms with Gasteiger partial charge in [-0.15, -0.1) is 0 Å². The lowest BCUT2D eigenvalue weighted by atomic mass is 10.1. The number of methoxy groups -OCH3 is 2. The molecule has 0 aromatic heterocycles. The normalized spacial score (nSPS) is 11.4. The molecule has 2 N–H and O–H groups in total. The number of rotatable bonds is 6. The maximum Gasteiger partial charge on any atom is 0.171 e. The highest BCUT2D eigenvalue weighted by molar-refractivity contribution is 7.80. The minimum absolute atomic E-state index is 0.177. The Morgan fingerprint density at radius 2 is 1.74 bits per heavy atom. The molecular weight excluding hydrogens is 308 g/mol. The Kier molecular flexibility index (Phi) is 6.23. The molecular formula is C18H22N2O2S. The maximum atomic E-state index is 5.43. The molecule has 0 amide bonds. The second kappa shape index (κ2) is 8.39. The average Bonchev–Trinajstić information content (AvgIpc) is 2.60. The van der Waals surface area contributed by atoms with Gasteiger partial charge in [-0.05, 0) is 36.3 Å². The molecule has 2 rings (SSSR count). The van der Waals surface area contributed by atoms with Crippen LogP contribution in [0.4, 0.5) is 5.69 Å². The van der Waals surface area contributed by atoms with Gasteiger partial charge in [0.2, 0.25) is 0 Å². The number of hydrogen-bond donors (Lipinski definition) is 2. The van der Waals surface area contributed by atoms with Crippen molar-refractivity contribution in [2.24, 2.45) is 0 Å². The molecule has 0 aliphatic carbocycles. The molecule has 0 spiro atoms. The summed E-state index contributed by atoms with van der Waals surface area (Å²) in [5.74, 6) is 1.35. The van der Waals surface area contributed by atoms with Crippen LogP contribution in [0.3, 0.4) is 0 Å². The van der Waals surface area contributed by atoms with Crippen molar-refractivity contribution in [1.82, 2.24) is 5.32 Å². The van der Waals surface area contributed by atoms with Crippen LogP contribution >= 0.6 is 12.2 Å². The molecule has 1 atom stereocenters. The molecule has 0 saturated carbocycles. The standard InChI is InChI=1S/C18H22N2O2S/c1-4-15(13-8-6-5-7-9-13)20-18(23)19-14-10-11-16(21-2)17(12-14)22-3/h5-12,15H,4H2,1-3H3,(H2,19,20,23). The Labute approximate surface area is 142 Å². The van der Waals surface area contributed by atoms with E-state index in [0.717, 1.165) is 12.1 Å². The molecule has 0 radical (unpaired) electrons. The van der Waals surface area contributed by atoms with E-state index in [1.807, 2.05) is 36.4 Å². The third kappa shape index (κ3) is 4.60. The molecule has 0 saturated heterocycles. The van der Waals surface area contributed by atoms with Gasteiger partial charge in [-0.25, -0.2) is 0 Å². The quantitative estimate of drug-likeness (QED) is 0.779. The molecule has 0 aliphatic rings. The van der Waals surface area contributed by atoms with E-state index in [2.05, 4.69) is 29.7 Å². The van der Waals surface area contributed by atoms with Gasteiger partial charge >= 0.3 is 0 Å². The first-order chi connectivity index (χ1) is 11.2. The molecule has 1 unspecified atom stereocenters. The van der Waals surface area contributed by atoms with Gasteiger partial charge in [-0.3, -0.25) is 0 Å². The summed E-state index contributed by atoms with van der Waals surface area (Å²) in [5.41, 5.74) is 2.06. The summed E-state index contributed by atoms with van der Waals surface area (Å²) < 4.78 is 10.5. The summed E-state index contributed by atoms with van der Waals surface area (Å²) in [6, 6.07) is 16.1. The summed E-state index contributed by atoms with van der Waals surface area (Å²) in [5, 5.41) is 7.11. The third-order valence-corrected chi connectivity index (χ3v) is 3.78. The molecule has 0 aliphatic heterocycles. The van der Waals surface area contributed by atoms with E-state index in [9.17, 15) is 0 Å². The molecule has 122 valence electrons. The first-order valence-electron chi connectivity index (χ1n) is 7.52. The molecule has 5 heteroatoms. The predicted octanol–water partition coefficient (Wildman–Crippen LogP) is 4.14. The minimum Gasteiger partial charge on any atom is -0.493 e. The Morgan fingerprint density at radius 1 is 1.04 bits per heavy atom. The summed E-state index contributed by atoms with van der Waals surface area (Å²) in [7, 11) is 3.23. The van der Waals surface area contributed by atoms with Crippen LogP contribution in [0.25, 0.3) is 0 Å². The number of thiocarbonyl (C=S) groups is 1. The highest BCUT2D eigenvalue weighted by Crippen LogP contribution is 2.29. The van der Waals surface area contributed by atoms with Crippen molar-refractivity contribution >= 4 is 23.0 Å². The summed E-state index contributed by atoms with van der Waals surface area (Å²) in [6.45, 7) is 2.13. The third-order valence-electron chi connectivity index (χ3n) is 3.56. The first-order valence-corrected chi connectivity index (χ1v) is 7.93. The Bertz CT molecular complexity index is 647. The van der Waals surface area contributed by atoms with E-state index < -0.39 is 0 Å². The van der Waals surface area contributed by atoms with Gasteiger partial charge in [0.05, 0.1) is 20.3 Å². The van der Waals surface area contributed by atoms with E-state index in [1.165, 1.54) is 5.56 Å². The zero-order valence-corrected chi connectivity index (χ0v) is 14.4. The van der Waals surface area contributed by atoms with Gasteiger partial charge < -0.3 is 20.1 Å². The lowest BCUT2D eigenvalue weighted by Gasteiger charge is -2.20. The first kappa shape index (κ1) is 17.1. The zero-order valence-electron chi connectivity index (χ0n) is 13.6. The van der Waals surface area contributed by atoms with Crippen molar-refractivity contribution in [3.8, 4) is 11.5 Å². The largest absolute Gasteiger partial charge is 0.493 e. The van der Waals surface area contributed by atoms with Crippen LogP contribution in [0.15, 0.2) is 48.5 Å². The van der Waals surface area contributed by atoms with Crippen molar-refractivity contribution in [3.63, 3.8) is 0 Å². The second-order valence-electron chi connectivity index (χ2n) is 5.04. The van der Waals surface area contributed by atoms with Crippen LogP contribution in [0.2, 0.25) is 0 Å². The highest BCUT2D eigenvalue weighted by atomic mass is 32.1. The van der Waals surface area contributed by atoms with Gasteiger partial charge in [0, 0.05) is 11.8 Å². The molecule has 23 heavy (non-hydrogen) atoms. The van der Waals surface area contributed by atoms with Gasteiger partial charge in [0.1, 0.15) is 0 Å². The fourth-order valence-corrected chi connectivity index (χ4v) is 2.61. The van der Waals surface area contributed by atoms with E-state index in [0.29, 0.717) is 16.6 Å². The fraction of sp³-hybridized carbons (Fsp3) is 0.278. The van der Waals surface area contributed by atoms with Crippen molar-refractivity contribution in [2.75, 3.05) is 19.5 Å². The number of anilines is 1. The maximum absolute atomic E-state index is 5.43. The molecule has 2 aromatic rings. The zero-order chi connectivity index (χ0) is 16.7. The topological polar surface area (TPSA) is 42.5 Å². The van der Waals surface area contributed by atoms with Crippen LogP contribution in [0.1, 0.15) is 24.9 Å². The van der Waals surface area contributed by atoms with Crippen molar-refractivity contribution in [1.29, 1.82) is 0 Å². The highest BCUT2D eigenvalue weighted by Gasteiger charge is 2.11. The Balaban J connectivity index is 2.04. The number of benzene rings is 2. The van der Waals surface area contributed by atoms with Crippen molar-refractivity contribution in [3.05, 3.63) is 54.1 Å². The van der Waals surface area contributed by atoms with E-state index in [1.54, 1.807) is 14.2 Å². The van der Waals surface area contributed by atoms with Crippen LogP contribution in [0, 0.1) is 0 Å². The fourth-order valence-electron chi connectivity index (χ4n) is 2.35. The molecule has 0 heterocycles. The lowest BCUT2D eigenvalue weighted by molar-refractivity contribution is 0.355. The Hall–Kier alpha value is -2.27. The Morgan fingerprint density at radius 3 is 2.35 bits per heavy atom. The molecule has 2 aromatic carbocycles. The molecule has 0 bridgehead atoms. The van der Waals surface area contributed by atoms with Gasteiger partial charge in [-0.1, -0.05) is 37.3 Å². The van der Waals surface area contributed by atoms with Crippen LogP contribution < -0.4 is 20.1 Å². The summed E-state index contributed by atoms with van der Waals surface area (Å²) in [4.78, 5) is 0. The van der Waals surface area contributed by atoms with Gasteiger partial charge in [-0.2, -0.15) is 0 Å². The SMILES string of the molecule is CCC(NC(=S)Nc1ccc(OC)c(OC)c1)c1ccccc1. The van der Waals surface area contributed by atoms with Gasteiger partial charge in [0.15, 0.2) is 16.6 Å². The summed E-state index contributed by atoms with van der Waals surface area (Å²) in [6.07, 6.45) is 0.942. The van der Waals surface area contributed by atoms with E-state index in [-0.39, 0.29) is 6.04 Å². The van der Waals surface area contributed by atoms with Crippen molar-refractivity contribution < 1.29 is 9.47 Å². The van der Waals surface area contributed by atoms with Crippen LogP contribution in [-0.2, 0) is 0 Å². The van der Waals surface area contributed by atoms with E-state index in [4.69, 9.17) is 21.7 Å². The number of hydrogen-bond acceptors (Lipinski definition) is 3. The smallest absolute Gasteiger partial charge is 0.171 e. The van der Waals surface area contributed by atoms with Gasteiger partial charge in [0.25, 0.3) is 0 Å². The summed E-state index contributed by atoms with van der Waals surface area (Å²) >= 11 is 5.43. The van der Waals surface area contributed by atoms with Crippen molar-refractivity contribution in [2.45, 2.75) is 19.4 Å². The van der Waals surface area contributed by atoms with E-state index >= 15 is 0 Å². The van der Waals surface area contributed by atoms with Crippen LogP contribution in [0.5, 0.6) is 11.5 Å². The lowest BCUT2D eigenvalue weighted by Crippen LogP contribution is -2.32. The monoisotopic (exact) mass is 330 g/mol. The number of nitrogens with one attached hydrogen (secondary N) is 2. The second-order valence-corrected chi connectivity index (χ2v) is 5.45. The average molecular weight is 330 g/mol. The minimum atomic E-state index is 0.177. The molecule has 0 fully saturated rings. The molecule has 4 nitrogen and oxygen atoms in total. The number of ether oxygens (including phenoxy) is 2. The predicted molar refractivity (Wildman–Crippen MR) is 98.4 cm³/mol.